The van der Waals surface area contributed by atoms with E-state index >= 15 is 0 Å². The minimum Gasteiger partial charge on any atom is -0.356 e. The van der Waals surface area contributed by atoms with Gasteiger partial charge in [-0.05, 0) is 38.8 Å². The Hall–Kier alpha value is -1.63. The molecule has 7 heteroatoms. The van der Waals surface area contributed by atoms with Crippen molar-refractivity contribution in [2.45, 2.75) is 32.1 Å². The number of carbonyl (C=O) groups excluding carboxylic acids is 1. The molecular weight excluding hydrogens is 270 g/mol. The van der Waals surface area contributed by atoms with Gasteiger partial charge in [-0.15, -0.1) is 0 Å². The van der Waals surface area contributed by atoms with Gasteiger partial charge in [-0.3, -0.25) is 9.36 Å². The Kier molecular flexibility index (Phi) is 5.55. The largest absolute Gasteiger partial charge is 0.356 e. The number of nitrogens with one attached hydrogen (secondary N) is 2. The lowest BCUT2D eigenvalue weighted by Gasteiger charge is -2.29. The number of hydrogen-bond acceptors (Lipinski definition) is 4. The van der Waals surface area contributed by atoms with Crippen LogP contribution in [0.3, 0.4) is 0 Å². The Labute approximate surface area is 124 Å². The van der Waals surface area contributed by atoms with Crippen molar-refractivity contribution in [1.82, 2.24) is 25.0 Å². The predicted octanol–water partition coefficient (Wildman–Crippen LogP) is -0.111. The molecule has 1 atom stereocenters. The molecule has 0 spiro atoms. The van der Waals surface area contributed by atoms with E-state index in [9.17, 15) is 9.59 Å². The van der Waals surface area contributed by atoms with Crippen molar-refractivity contribution in [3.8, 4) is 0 Å². The summed E-state index contributed by atoms with van der Waals surface area (Å²) < 4.78 is 1.46. The Balaban J connectivity index is 1.63. The van der Waals surface area contributed by atoms with Crippen molar-refractivity contribution < 1.29 is 4.79 Å². The van der Waals surface area contributed by atoms with Gasteiger partial charge in [0, 0.05) is 33.0 Å². The molecule has 0 aromatic carbocycles. The molecule has 0 unspecified atom stereocenters. The molecule has 1 aliphatic heterocycles. The van der Waals surface area contributed by atoms with Gasteiger partial charge in [0.15, 0.2) is 0 Å². The lowest BCUT2D eigenvalue weighted by molar-refractivity contribution is -0.121. The lowest BCUT2D eigenvalue weighted by Crippen LogP contribution is -2.33. The number of likely N-dealkylation sites (tertiary alicyclic amines) is 1. The Morgan fingerprint density at radius 1 is 1.48 bits per heavy atom. The lowest BCUT2D eigenvalue weighted by atomic mass is 9.93. The highest BCUT2D eigenvalue weighted by Gasteiger charge is 2.17. The second-order valence-electron chi connectivity index (χ2n) is 5.91. The van der Waals surface area contributed by atoms with Crippen LogP contribution < -0.4 is 11.0 Å². The van der Waals surface area contributed by atoms with E-state index in [1.165, 1.54) is 24.0 Å². The second kappa shape index (κ2) is 7.40. The van der Waals surface area contributed by atoms with Gasteiger partial charge in [-0.2, -0.15) is 5.10 Å². The van der Waals surface area contributed by atoms with E-state index < -0.39 is 0 Å². The smallest absolute Gasteiger partial charge is 0.343 e. The van der Waals surface area contributed by atoms with Crippen LogP contribution in [0.4, 0.5) is 0 Å². The van der Waals surface area contributed by atoms with Crippen LogP contribution in [-0.2, 0) is 18.3 Å². The van der Waals surface area contributed by atoms with Crippen LogP contribution in [-0.4, -0.2) is 52.3 Å². The van der Waals surface area contributed by atoms with E-state index in [-0.39, 0.29) is 11.6 Å². The van der Waals surface area contributed by atoms with E-state index in [2.05, 4.69) is 27.5 Å². The Morgan fingerprint density at radius 3 is 2.95 bits per heavy atom. The average Bonchev–Trinajstić information content (AvgIpc) is 2.77. The summed E-state index contributed by atoms with van der Waals surface area (Å²) in [6.07, 6.45) is 4.56. The summed E-state index contributed by atoms with van der Waals surface area (Å²) in [4.78, 5) is 25.4. The predicted molar refractivity (Wildman–Crippen MR) is 80.0 cm³/mol. The summed E-state index contributed by atoms with van der Waals surface area (Å²) in [5.41, 5.74) is -0.224. The maximum absolute atomic E-state index is 11.8. The van der Waals surface area contributed by atoms with E-state index in [4.69, 9.17) is 0 Å². The van der Waals surface area contributed by atoms with Crippen molar-refractivity contribution in [2.75, 3.05) is 26.7 Å². The highest BCUT2D eigenvalue weighted by atomic mass is 16.2. The van der Waals surface area contributed by atoms with Crippen LogP contribution in [0.25, 0.3) is 0 Å². The third-order valence-electron chi connectivity index (χ3n) is 4.14. The summed E-state index contributed by atoms with van der Waals surface area (Å²) in [5.74, 6) is 1.39. The van der Waals surface area contributed by atoms with Crippen LogP contribution in [0.2, 0.25) is 0 Å². The normalized spacial score (nSPS) is 19.6. The zero-order chi connectivity index (χ0) is 15.2. The molecule has 0 aliphatic carbocycles. The maximum Gasteiger partial charge on any atom is 0.343 e. The number of H-pyrrole nitrogens is 1. The molecule has 0 bridgehead atoms. The molecule has 2 N–H and O–H groups in total. The number of hydrogen-bond donors (Lipinski definition) is 2. The number of carbonyl (C=O) groups is 1. The fraction of sp³-hybridized carbons (Fsp3) is 0.786. The van der Waals surface area contributed by atoms with E-state index in [1.54, 1.807) is 7.05 Å². The first-order valence-corrected chi connectivity index (χ1v) is 7.61. The molecule has 1 fully saturated rings. The summed E-state index contributed by atoms with van der Waals surface area (Å²) in [6, 6.07) is 0. The van der Waals surface area contributed by atoms with Crippen LogP contribution in [0.15, 0.2) is 4.79 Å². The Bertz CT molecular complexity index is 522. The van der Waals surface area contributed by atoms with E-state index in [0.717, 1.165) is 13.0 Å². The standard InChI is InChI=1S/C14H25N5O2/c1-18-9-3-4-11(10-18)5-6-13(20)15-8-7-12-16-17-14(21)19(12)2/h11H,3-10H2,1-2H3,(H,15,20)(H,17,21)/t11-/m1/s1. The van der Waals surface area contributed by atoms with Gasteiger partial charge < -0.3 is 10.2 Å². The van der Waals surface area contributed by atoms with Gasteiger partial charge in [0.2, 0.25) is 5.91 Å². The fourth-order valence-electron chi connectivity index (χ4n) is 2.85. The molecule has 1 amide bonds. The maximum atomic E-state index is 11.8. The topological polar surface area (TPSA) is 83.0 Å². The summed E-state index contributed by atoms with van der Waals surface area (Å²) >= 11 is 0. The highest BCUT2D eigenvalue weighted by Crippen LogP contribution is 2.19. The van der Waals surface area contributed by atoms with Gasteiger partial charge in [-0.25, -0.2) is 9.89 Å². The minimum absolute atomic E-state index is 0.0868. The van der Waals surface area contributed by atoms with Gasteiger partial charge in [-0.1, -0.05) is 0 Å². The molecule has 21 heavy (non-hydrogen) atoms. The molecule has 0 saturated carbocycles. The fourth-order valence-corrected chi connectivity index (χ4v) is 2.85. The molecular formula is C14H25N5O2. The molecule has 2 rings (SSSR count). The molecule has 0 radical (unpaired) electrons. The van der Waals surface area contributed by atoms with Crippen molar-refractivity contribution in [3.63, 3.8) is 0 Å². The number of amides is 1. The molecule has 118 valence electrons. The highest BCUT2D eigenvalue weighted by molar-refractivity contribution is 5.75. The zero-order valence-corrected chi connectivity index (χ0v) is 12.9. The average molecular weight is 295 g/mol. The van der Waals surface area contributed by atoms with Gasteiger partial charge >= 0.3 is 5.69 Å². The monoisotopic (exact) mass is 295 g/mol. The van der Waals surface area contributed by atoms with Crippen LogP contribution >= 0.6 is 0 Å². The van der Waals surface area contributed by atoms with E-state index in [1.807, 2.05) is 0 Å². The molecule has 7 nitrogen and oxygen atoms in total. The van der Waals surface area contributed by atoms with Crippen LogP contribution in [0.5, 0.6) is 0 Å². The molecule has 1 aromatic rings. The van der Waals surface area contributed by atoms with Gasteiger partial charge in [0.1, 0.15) is 5.82 Å². The second-order valence-corrected chi connectivity index (χ2v) is 5.91. The van der Waals surface area contributed by atoms with Crippen molar-refractivity contribution in [2.24, 2.45) is 13.0 Å². The molecule has 1 aromatic heterocycles. The molecule has 1 aliphatic rings. The summed E-state index contributed by atoms with van der Waals surface area (Å²) in [7, 11) is 3.81. The minimum atomic E-state index is -0.224. The first-order chi connectivity index (χ1) is 10.1. The third kappa shape index (κ3) is 4.70. The van der Waals surface area contributed by atoms with Crippen LogP contribution in [0.1, 0.15) is 31.5 Å². The quantitative estimate of drug-likeness (QED) is 0.767. The first-order valence-electron chi connectivity index (χ1n) is 7.61. The molecule has 1 saturated heterocycles. The van der Waals surface area contributed by atoms with Crippen molar-refractivity contribution in [1.29, 1.82) is 0 Å². The summed E-state index contributed by atoms with van der Waals surface area (Å²) in [5, 5.41) is 9.19. The SMILES string of the molecule is CN1CCC[C@H](CCC(=O)NCCc2n[nH]c(=O)n2C)C1. The van der Waals surface area contributed by atoms with Crippen LogP contribution in [0, 0.1) is 5.92 Å². The number of rotatable bonds is 6. The number of piperidine rings is 1. The molecule has 2 heterocycles. The first kappa shape index (κ1) is 15.8. The van der Waals surface area contributed by atoms with Crippen molar-refractivity contribution in [3.05, 3.63) is 16.3 Å². The van der Waals surface area contributed by atoms with Gasteiger partial charge in [0.05, 0.1) is 0 Å². The number of aromatic amines is 1. The summed E-state index contributed by atoms with van der Waals surface area (Å²) in [6.45, 7) is 2.79. The van der Waals surface area contributed by atoms with Gasteiger partial charge in [0.25, 0.3) is 0 Å². The van der Waals surface area contributed by atoms with E-state index in [0.29, 0.717) is 31.1 Å². The number of aromatic nitrogens is 3. The Morgan fingerprint density at radius 2 is 2.29 bits per heavy atom. The zero-order valence-electron chi connectivity index (χ0n) is 12.9. The number of nitrogens with zero attached hydrogens (tertiary/aromatic N) is 3. The third-order valence-corrected chi connectivity index (χ3v) is 4.14. The van der Waals surface area contributed by atoms with Crippen molar-refractivity contribution >= 4 is 5.91 Å².